The predicted octanol–water partition coefficient (Wildman–Crippen LogP) is 3.91. The SMILES string of the molecule is C/C(=N\O)c1ccc(-c2cccc(Br)c2)o1. The Bertz CT molecular complexity index is 531. The van der Waals surface area contributed by atoms with Gasteiger partial charge in [0.05, 0.1) is 0 Å². The van der Waals surface area contributed by atoms with E-state index in [9.17, 15) is 0 Å². The summed E-state index contributed by atoms with van der Waals surface area (Å²) in [4.78, 5) is 0. The molecule has 0 aliphatic heterocycles. The zero-order valence-corrected chi connectivity index (χ0v) is 10.2. The highest BCUT2D eigenvalue weighted by Gasteiger charge is 2.07. The maximum atomic E-state index is 8.63. The lowest BCUT2D eigenvalue weighted by molar-refractivity contribution is 0.317. The molecule has 2 rings (SSSR count). The predicted molar refractivity (Wildman–Crippen MR) is 65.8 cm³/mol. The molecule has 16 heavy (non-hydrogen) atoms. The first-order valence-electron chi connectivity index (χ1n) is 4.75. The molecule has 3 nitrogen and oxygen atoms in total. The third kappa shape index (κ3) is 2.17. The molecule has 0 bridgehead atoms. The largest absolute Gasteiger partial charge is 0.455 e. The first kappa shape index (κ1) is 11.0. The van der Waals surface area contributed by atoms with E-state index in [4.69, 9.17) is 9.62 Å². The molecule has 0 saturated heterocycles. The summed E-state index contributed by atoms with van der Waals surface area (Å²) in [5, 5.41) is 11.7. The van der Waals surface area contributed by atoms with E-state index in [-0.39, 0.29) is 0 Å². The second-order valence-electron chi connectivity index (χ2n) is 3.36. The molecular formula is C12H10BrNO2. The van der Waals surface area contributed by atoms with Crippen LogP contribution in [0.15, 0.2) is 50.4 Å². The smallest absolute Gasteiger partial charge is 0.152 e. The number of benzene rings is 1. The molecule has 2 aromatic rings. The maximum absolute atomic E-state index is 8.63. The van der Waals surface area contributed by atoms with Crippen LogP contribution in [0.1, 0.15) is 12.7 Å². The van der Waals surface area contributed by atoms with Crippen molar-refractivity contribution in [3.05, 3.63) is 46.6 Å². The van der Waals surface area contributed by atoms with Crippen LogP contribution in [-0.2, 0) is 0 Å². The van der Waals surface area contributed by atoms with Gasteiger partial charge in [0.15, 0.2) is 5.76 Å². The molecule has 1 heterocycles. The number of furan rings is 1. The number of oxime groups is 1. The van der Waals surface area contributed by atoms with Crippen LogP contribution in [0.4, 0.5) is 0 Å². The first-order chi connectivity index (χ1) is 7.70. The second-order valence-corrected chi connectivity index (χ2v) is 4.28. The van der Waals surface area contributed by atoms with Gasteiger partial charge in [-0.25, -0.2) is 0 Å². The highest BCUT2D eigenvalue weighted by molar-refractivity contribution is 9.10. The Morgan fingerprint density at radius 2 is 2.12 bits per heavy atom. The molecule has 82 valence electrons. The molecule has 0 aliphatic rings. The van der Waals surface area contributed by atoms with E-state index in [2.05, 4.69) is 21.1 Å². The van der Waals surface area contributed by atoms with Crippen LogP contribution in [-0.4, -0.2) is 10.9 Å². The molecule has 0 aliphatic carbocycles. The molecule has 1 aromatic heterocycles. The van der Waals surface area contributed by atoms with Gasteiger partial charge in [0.25, 0.3) is 0 Å². The standard InChI is InChI=1S/C12H10BrNO2/c1-8(14-15)11-5-6-12(16-11)9-3-2-4-10(13)7-9/h2-7,15H,1H3/b14-8+. The molecule has 1 aromatic carbocycles. The van der Waals surface area contributed by atoms with Crippen LogP contribution >= 0.6 is 15.9 Å². The number of rotatable bonds is 2. The van der Waals surface area contributed by atoms with Crippen molar-refractivity contribution < 1.29 is 9.62 Å². The minimum absolute atomic E-state index is 0.459. The molecule has 4 heteroatoms. The van der Waals surface area contributed by atoms with E-state index < -0.39 is 0 Å². The Labute approximate surface area is 102 Å². The van der Waals surface area contributed by atoms with Crippen molar-refractivity contribution in [1.82, 2.24) is 0 Å². The Morgan fingerprint density at radius 3 is 2.81 bits per heavy atom. The summed E-state index contributed by atoms with van der Waals surface area (Å²) in [6, 6.07) is 11.5. The van der Waals surface area contributed by atoms with Gasteiger partial charge >= 0.3 is 0 Å². The number of nitrogens with zero attached hydrogens (tertiary/aromatic N) is 1. The van der Waals surface area contributed by atoms with E-state index in [0.717, 1.165) is 15.8 Å². The number of halogens is 1. The van der Waals surface area contributed by atoms with Crippen molar-refractivity contribution in [2.24, 2.45) is 5.16 Å². The van der Waals surface area contributed by atoms with Crippen molar-refractivity contribution >= 4 is 21.6 Å². The molecule has 1 N–H and O–H groups in total. The van der Waals surface area contributed by atoms with Gasteiger partial charge in [-0.3, -0.25) is 0 Å². The Morgan fingerprint density at radius 1 is 1.31 bits per heavy atom. The summed E-state index contributed by atoms with van der Waals surface area (Å²) in [6.45, 7) is 1.68. The number of hydrogen-bond donors (Lipinski definition) is 1. The lowest BCUT2D eigenvalue weighted by Crippen LogP contribution is -1.89. The lowest BCUT2D eigenvalue weighted by atomic mass is 10.2. The lowest BCUT2D eigenvalue weighted by Gasteiger charge is -1.97. The fraction of sp³-hybridized carbons (Fsp3) is 0.0833. The Kier molecular flexibility index (Phi) is 3.10. The highest BCUT2D eigenvalue weighted by Crippen LogP contribution is 2.25. The summed E-state index contributed by atoms with van der Waals surface area (Å²) in [7, 11) is 0. The van der Waals surface area contributed by atoms with Crippen LogP contribution in [0.2, 0.25) is 0 Å². The minimum atomic E-state index is 0.459. The fourth-order valence-electron chi connectivity index (χ4n) is 1.38. The topological polar surface area (TPSA) is 45.7 Å². The molecule has 0 saturated carbocycles. The van der Waals surface area contributed by atoms with E-state index in [0.29, 0.717) is 11.5 Å². The summed E-state index contributed by atoms with van der Waals surface area (Å²) in [5.41, 5.74) is 1.44. The summed E-state index contributed by atoms with van der Waals surface area (Å²) >= 11 is 3.40. The van der Waals surface area contributed by atoms with Crippen LogP contribution in [0.3, 0.4) is 0 Å². The van der Waals surface area contributed by atoms with Crippen molar-refractivity contribution in [2.45, 2.75) is 6.92 Å². The summed E-state index contributed by atoms with van der Waals surface area (Å²) < 4.78 is 6.56. The van der Waals surface area contributed by atoms with E-state index in [1.165, 1.54) is 0 Å². The number of hydrogen-bond acceptors (Lipinski definition) is 3. The summed E-state index contributed by atoms with van der Waals surface area (Å²) in [6.07, 6.45) is 0. The molecule has 0 amide bonds. The van der Waals surface area contributed by atoms with Gasteiger partial charge in [0.1, 0.15) is 11.5 Å². The Hall–Kier alpha value is -1.55. The van der Waals surface area contributed by atoms with E-state index >= 15 is 0 Å². The average Bonchev–Trinajstić information content (AvgIpc) is 2.77. The van der Waals surface area contributed by atoms with Crippen molar-refractivity contribution in [3.63, 3.8) is 0 Å². The minimum Gasteiger partial charge on any atom is -0.455 e. The van der Waals surface area contributed by atoms with Gasteiger partial charge in [0.2, 0.25) is 0 Å². The van der Waals surface area contributed by atoms with E-state index in [1.54, 1.807) is 13.0 Å². The zero-order chi connectivity index (χ0) is 11.5. The summed E-state index contributed by atoms with van der Waals surface area (Å²) in [5.74, 6) is 1.32. The maximum Gasteiger partial charge on any atom is 0.152 e. The van der Waals surface area contributed by atoms with Gasteiger partial charge in [-0.2, -0.15) is 0 Å². The van der Waals surface area contributed by atoms with Gasteiger partial charge in [-0.15, -0.1) is 0 Å². The monoisotopic (exact) mass is 279 g/mol. The molecular weight excluding hydrogens is 270 g/mol. The van der Waals surface area contributed by atoms with Crippen LogP contribution in [0.25, 0.3) is 11.3 Å². The molecule has 0 spiro atoms. The molecule has 0 radical (unpaired) electrons. The average molecular weight is 280 g/mol. The van der Waals surface area contributed by atoms with Crippen LogP contribution in [0, 0.1) is 0 Å². The van der Waals surface area contributed by atoms with Gasteiger partial charge in [-0.1, -0.05) is 33.2 Å². The van der Waals surface area contributed by atoms with Crippen LogP contribution < -0.4 is 0 Å². The van der Waals surface area contributed by atoms with Crippen LogP contribution in [0.5, 0.6) is 0 Å². The quantitative estimate of drug-likeness (QED) is 0.515. The van der Waals surface area contributed by atoms with Gasteiger partial charge in [0, 0.05) is 10.0 Å². The highest BCUT2D eigenvalue weighted by atomic mass is 79.9. The van der Waals surface area contributed by atoms with Crippen molar-refractivity contribution in [1.29, 1.82) is 0 Å². The fourth-order valence-corrected chi connectivity index (χ4v) is 1.78. The van der Waals surface area contributed by atoms with Gasteiger partial charge in [-0.05, 0) is 31.2 Å². The first-order valence-corrected chi connectivity index (χ1v) is 5.55. The third-order valence-electron chi connectivity index (χ3n) is 2.22. The zero-order valence-electron chi connectivity index (χ0n) is 8.64. The molecule has 0 fully saturated rings. The third-order valence-corrected chi connectivity index (χ3v) is 2.71. The van der Waals surface area contributed by atoms with Crippen molar-refractivity contribution in [2.75, 3.05) is 0 Å². The van der Waals surface area contributed by atoms with E-state index in [1.807, 2.05) is 30.3 Å². The molecule has 0 unspecified atom stereocenters. The second kappa shape index (κ2) is 4.53. The van der Waals surface area contributed by atoms with Crippen molar-refractivity contribution in [3.8, 4) is 11.3 Å². The molecule has 0 atom stereocenters. The van der Waals surface area contributed by atoms with Gasteiger partial charge < -0.3 is 9.62 Å². The Balaban J connectivity index is 2.39. The normalized spacial score (nSPS) is 11.8.